The van der Waals surface area contributed by atoms with E-state index in [4.69, 9.17) is 10.5 Å². The van der Waals surface area contributed by atoms with Crippen LogP contribution in [0.4, 0.5) is 0 Å². The average molecular weight is 328 g/mol. The fraction of sp³-hybridized carbons (Fsp3) is 0.286. The number of aryl methyl sites for hydroxylation is 1. The monoisotopic (exact) mass is 327 g/mol. The average Bonchev–Trinajstić information content (AvgIpc) is 2.94. The van der Waals surface area contributed by atoms with Gasteiger partial charge in [-0.05, 0) is 19.1 Å². The molecule has 3 N–H and O–H groups in total. The van der Waals surface area contributed by atoms with Crippen LogP contribution in [0.2, 0.25) is 0 Å². The van der Waals surface area contributed by atoms with E-state index in [1.807, 2.05) is 31.2 Å². The summed E-state index contributed by atoms with van der Waals surface area (Å²) < 4.78 is 5.52. The zero-order valence-electron chi connectivity index (χ0n) is 11.7. The van der Waals surface area contributed by atoms with Crippen molar-refractivity contribution in [1.82, 2.24) is 10.3 Å². The molecular formula is C14H18ClN3O2S. The molecule has 2 rings (SSSR count). The highest BCUT2D eigenvalue weighted by Gasteiger charge is 2.09. The number of amides is 1. The van der Waals surface area contributed by atoms with E-state index in [1.165, 1.54) is 16.9 Å². The third-order valence-corrected chi connectivity index (χ3v) is 3.51. The molecule has 7 heteroatoms. The van der Waals surface area contributed by atoms with Gasteiger partial charge in [-0.25, -0.2) is 4.98 Å². The number of ether oxygens (including phenoxy) is 1. The van der Waals surface area contributed by atoms with Gasteiger partial charge in [0.25, 0.3) is 5.91 Å². The number of hydrogen-bond donors (Lipinski definition) is 2. The lowest BCUT2D eigenvalue weighted by Gasteiger charge is -2.07. The Balaban J connectivity index is 0.00000220. The van der Waals surface area contributed by atoms with Crippen molar-refractivity contribution in [2.24, 2.45) is 5.73 Å². The minimum absolute atomic E-state index is 0. The molecule has 0 radical (unpaired) electrons. The molecule has 0 aliphatic heterocycles. The Labute approximate surface area is 133 Å². The Morgan fingerprint density at radius 3 is 2.71 bits per heavy atom. The first-order valence-electron chi connectivity index (χ1n) is 6.31. The standard InChI is InChI=1S/C14H17N3O2S.ClH/c1-10-2-4-11(5-3-10)19-7-6-16-14(18)12-9-20-13(8-15)17-12;/h2-5,9H,6-8,15H2,1H3,(H,16,18);1H. The molecule has 1 aromatic heterocycles. The van der Waals surface area contributed by atoms with Gasteiger partial charge in [-0.3, -0.25) is 4.79 Å². The molecule has 0 aliphatic carbocycles. The Hall–Kier alpha value is -1.63. The largest absolute Gasteiger partial charge is 0.492 e. The lowest BCUT2D eigenvalue weighted by atomic mass is 10.2. The van der Waals surface area contributed by atoms with Gasteiger partial charge in [0, 0.05) is 11.9 Å². The van der Waals surface area contributed by atoms with Crippen LogP contribution >= 0.6 is 23.7 Å². The van der Waals surface area contributed by atoms with Gasteiger partial charge in [0.15, 0.2) is 0 Å². The third-order valence-electron chi connectivity index (χ3n) is 2.64. The quantitative estimate of drug-likeness (QED) is 0.797. The van der Waals surface area contributed by atoms with Gasteiger partial charge in [0.05, 0.1) is 6.54 Å². The fourth-order valence-corrected chi connectivity index (χ4v) is 2.22. The van der Waals surface area contributed by atoms with E-state index in [1.54, 1.807) is 5.38 Å². The summed E-state index contributed by atoms with van der Waals surface area (Å²) in [6, 6.07) is 7.78. The van der Waals surface area contributed by atoms with Crippen molar-refractivity contribution in [3.05, 3.63) is 45.9 Å². The van der Waals surface area contributed by atoms with Crippen molar-refractivity contribution in [1.29, 1.82) is 0 Å². The zero-order valence-corrected chi connectivity index (χ0v) is 13.3. The van der Waals surface area contributed by atoms with Crippen molar-refractivity contribution in [3.63, 3.8) is 0 Å². The van der Waals surface area contributed by atoms with Crippen molar-refractivity contribution in [2.75, 3.05) is 13.2 Å². The summed E-state index contributed by atoms with van der Waals surface area (Å²) in [4.78, 5) is 15.9. The number of thiazole rings is 1. The highest BCUT2D eigenvalue weighted by atomic mass is 35.5. The van der Waals surface area contributed by atoms with Gasteiger partial charge in [-0.2, -0.15) is 0 Å². The molecule has 0 saturated carbocycles. The lowest BCUT2D eigenvalue weighted by Crippen LogP contribution is -2.28. The van der Waals surface area contributed by atoms with E-state index < -0.39 is 0 Å². The minimum Gasteiger partial charge on any atom is -0.492 e. The van der Waals surface area contributed by atoms with Crippen LogP contribution in [0.1, 0.15) is 21.1 Å². The molecule has 0 spiro atoms. The summed E-state index contributed by atoms with van der Waals surface area (Å²) in [6.45, 7) is 3.23. The predicted octanol–water partition coefficient (Wildman–Crippen LogP) is 2.14. The summed E-state index contributed by atoms with van der Waals surface area (Å²) in [5.41, 5.74) is 7.05. The van der Waals surface area contributed by atoms with E-state index in [0.29, 0.717) is 25.4 Å². The van der Waals surface area contributed by atoms with Crippen LogP contribution in [0.3, 0.4) is 0 Å². The van der Waals surface area contributed by atoms with E-state index in [0.717, 1.165) is 10.8 Å². The maximum absolute atomic E-state index is 11.8. The number of carbonyl (C=O) groups is 1. The molecule has 21 heavy (non-hydrogen) atoms. The van der Waals surface area contributed by atoms with Crippen molar-refractivity contribution in [2.45, 2.75) is 13.5 Å². The topological polar surface area (TPSA) is 77.2 Å². The molecule has 0 saturated heterocycles. The Bertz CT molecular complexity index is 572. The number of nitrogens with zero attached hydrogens (tertiary/aromatic N) is 1. The molecule has 1 aromatic carbocycles. The summed E-state index contributed by atoms with van der Waals surface area (Å²) in [7, 11) is 0. The number of nitrogens with one attached hydrogen (secondary N) is 1. The summed E-state index contributed by atoms with van der Waals surface area (Å²) >= 11 is 1.39. The van der Waals surface area contributed by atoms with Gasteiger partial charge < -0.3 is 15.8 Å². The van der Waals surface area contributed by atoms with Crippen LogP contribution in [0, 0.1) is 6.92 Å². The second-order valence-corrected chi connectivity index (χ2v) is 5.19. The number of aromatic nitrogens is 1. The zero-order chi connectivity index (χ0) is 14.4. The second-order valence-electron chi connectivity index (χ2n) is 4.25. The predicted molar refractivity (Wildman–Crippen MR) is 86.3 cm³/mol. The smallest absolute Gasteiger partial charge is 0.270 e. The normalized spacial score (nSPS) is 9.81. The number of halogens is 1. The van der Waals surface area contributed by atoms with Gasteiger partial charge >= 0.3 is 0 Å². The summed E-state index contributed by atoms with van der Waals surface area (Å²) in [5, 5.41) is 5.22. The molecule has 2 aromatic rings. The van der Waals surface area contributed by atoms with Crippen LogP contribution in [-0.2, 0) is 6.54 Å². The fourth-order valence-electron chi connectivity index (χ4n) is 1.57. The molecule has 0 atom stereocenters. The molecular weight excluding hydrogens is 310 g/mol. The number of rotatable bonds is 6. The maximum atomic E-state index is 11.8. The van der Waals surface area contributed by atoms with Crippen molar-refractivity contribution >= 4 is 29.7 Å². The molecule has 5 nitrogen and oxygen atoms in total. The van der Waals surface area contributed by atoms with E-state index in [-0.39, 0.29) is 18.3 Å². The highest BCUT2D eigenvalue weighted by molar-refractivity contribution is 7.09. The van der Waals surface area contributed by atoms with Gasteiger partial charge in [0.1, 0.15) is 23.1 Å². The first-order valence-corrected chi connectivity index (χ1v) is 7.19. The van der Waals surface area contributed by atoms with Crippen molar-refractivity contribution in [3.8, 4) is 5.75 Å². The number of carbonyl (C=O) groups excluding carboxylic acids is 1. The second kappa shape index (κ2) is 8.61. The van der Waals surface area contributed by atoms with Gasteiger partial charge in [0.2, 0.25) is 0 Å². The maximum Gasteiger partial charge on any atom is 0.270 e. The van der Waals surface area contributed by atoms with Gasteiger partial charge in [-0.1, -0.05) is 17.7 Å². The van der Waals surface area contributed by atoms with Crippen LogP contribution in [0.15, 0.2) is 29.6 Å². The van der Waals surface area contributed by atoms with Crippen LogP contribution in [-0.4, -0.2) is 24.0 Å². The van der Waals surface area contributed by atoms with Gasteiger partial charge in [-0.15, -0.1) is 23.7 Å². The Morgan fingerprint density at radius 1 is 1.38 bits per heavy atom. The lowest BCUT2D eigenvalue weighted by molar-refractivity contribution is 0.0942. The molecule has 1 heterocycles. The number of nitrogens with two attached hydrogens (primary N) is 1. The number of benzene rings is 1. The third kappa shape index (κ3) is 5.34. The Kier molecular flexibility index (Phi) is 7.14. The van der Waals surface area contributed by atoms with Crippen LogP contribution in [0.25, 0.3) is 0 Å². The molecule has 0 aliphatic rings. The number of hydrogen-bond acceptors (Lipinski definition) is 5. The first-order chi connectivity index (χ1) is 9.69. The van der Waals surface area contributed by atoms with Crippen LogP contribution in [0.5, 0.6) is 5.75 Å². The summed E-state index contributed by atoms with van der Waals surface area (Å²) in [5.74, 6) is 0.595. The molecule has 114 valence electrons. The molecule has 0 unspecified atom stereocenters. The SMILES string of the molecule is Cc1ccc(OCCNC(=O)c2csc(CN)n2)cc1.Cl. The van der Waals surface area contributed by atoms with Crippen molar-refractivity contribution < 1.29 is 9.53 Å². The minimum atomic E-state index is -0.201. The Morgan fingerprint density at radius 2 is 2.10 bits per heavy atom. The summed E-state index contributed by atoms with van der Waals surface area (Å²) in [6.07, 6.45) is 0. The van der Waals surface area contributed by atoms with E-state index in [2.05, 4.69) is 10.3 Å². The van der Waals surface area contributed by atoms with E-state index in [9.17, 15) is 4.79 Å². The highest BCUT2D eigenvalue weighted by Crippen LogP contribution is 2.11. The molecule has 0 fully saturated rings. The first kappa shape index (κ1) is 17.4. The molecule has 1 amide bonds. The van der Waals surface area contributed by atoms with E-state index >= 15 is 0 Å². The van der Waals surface area contributed by atoms with Crippen LogP contribution < -0.4 is 15.8 Å². The molecule has 0 bridgehead atoms.